The Kier molecular flexibility index (Phi) is 4.43. The summed E-state index contributed by atoms with van der Waals surface area (Å²) < 4.78 is 0. The minimum Gasteiger partial charge on any atom is -0.478 e. The number of benzene rings is 1. The molecule has 0 atom stereocenters. The fourth-order valence-electron chi connectivity index (χ4n) is 2.45. The number of rotatable bonds is 4. The standard InChI is InChI=1S/C15H17N3O3/c1-17(10-14(19)18-6-2-3-7-18)13-5-4-11(15(20)21)8-12(13)9-16/h4-5,8H,2-3,6-7,10H2,1H3,(H,20,21). The summed E-state index contributed by atoms with van der Waals surface area (Å²) in [5.41, 5.74) is 0.885. The summed E-state index contributed by atoms with van der Waals surface area (Å²) in [4.78, 5) is 26.5. The number of carbonyl (C=O) groups is 2. The van der Waals surface area contributed by atoms with Gasteiger partial charge in [0.1, 0.15) is 6.07 Å². The molecule has 1 amide bonds. The number of carboxylic acids is 1. The van der Waals surface area contributed by atoms with Gasteiger partial charge in [0, 0.05) is 20.1 Å². The van der Waals surface area contributed by atoms with Crippen molar-refractivity contribution < 1.29 is 14.7 Å². The second-order valence-electron chi connectivity index (χ2n) is 5.09. The Morgan fingerprint density at radius 3 is 2.62 bits per heavy atom. The SMILES string of the molecule is CN(CC(=O)N1CCCC1)c1ccc(C(=O)O)cc1C#N. The highest BCUT2D eigenvalue weighted by Gasteiger charge is 2.20. The van der Waals surface area contributed by atoms with Crippen molar-refractivity contribution in [3.05, 3.63) is 29.3 Å². The first-order chi connectivity index (χ1) is 10.0. The number of nitrogens with zero attached hydrogens (tertiary/aromatic N) is 3. The average molecular weight is 287 g/mol. The van der Waals surface area contributed by atoms with Gasteiger partial charge < -0.3 is 14.9 Å². The van der Waals surface area contributed by atoms with Gasteiger partial charge in [0.2, 0.25) is 5.91 Å². The average Bonchev–Trinajstić information content (AvgIpc) is 3.00. The van der Waals surface area contributed by atoms with E-state index in [1.165, 1.54) is 12.1 Å². The number of carboxylic acid groups (broad SMARTS) is 1. The van der Waals surface area contributed by atoms with E-state index in [0.717, 1.165) is 25.9 Å². The van der Waals surface area contributed by atoms with E-state index in [9.17, 15) is 9.59 Å². The number of nitriles is 1. The number of hydrogen-bond donors (Lipinski definition) is 1. The van der Waals surface area contributed by atoms with E-state index in [1.807, 2.05) is 11.0 Å². The number of carbonyl (C=O) groups excluding carboxylic acids is 1. The number of likely N-dealkylation sites (N-methyl/N-ethyl adjacent to an activating group) is 1. The highest BCUT2D eigenvalue weighted by Crippen LogP contribution is 2.21. The lowest BCUT2D eigenvalue weighted by molar-refractivity contribution is -0.128. The molecule has 1 aromatic carbocycles. The lowest BCUT2D eigenvalue weighted by atomic mass is 10.1. The van der Waals surface area contributed by atoms with Crippen LogP contribution in [0.15, 0.2) is 18.2 Å². The van der Waals surface area contributed by atoms with Gasteiger partial charge in [-0.25, -0.2) is 4.79 Å². The molecule has 0 aliphatic carbocycles. The lowest BCUT2D eigenvalue weighted by Crippen LogP contribution is -2.37. The van der Waals surface area contributed by atoms with E-state index in [-0.39, 0.29) is 23.6 Å². The predicted molar refractivity (Wildman–Crippen MR) is 77.2 cm³/mol. The van der Waals surface area contributed by atoms with Crippen LogP contribution in [0, 0.1) is 11.3 Å². The van der Waals surface area contributed by atoms with Crippen molar-refractivity contribution in [2.75, 3.05) is 31.6 Å². The van der Waals surface area contributed by atoms with Crippen molar-refractivity contribution in [1.29, 1.82) is 5.26 Å². The highest BCUT2D eigenvalue weighted by atomic mass is 16.4. The van der Waals surface area contributed by atoms with Crippen molar-refractivity contribution in [2.45, 2.75) is 12.8 Å². The van der Waals surface area contributed by atoms with E-state index in [2.05, 4.69) is 0 Å². The van der Waals surface area contributed by atoms with Crippen molar-refractivity contribution in [2.24, 2.45) is 0 Å². The maximum atomic E-state index is 12.1. The van der Waals surface area contributed by atoms with Crippen LogP contribution in [0.25, 0.3) is 0 Å². The third-order valence-corrected chi connectivity index (χ3v) is 3.61. The second-order valence-corrected chi connectivity index (χ2v) is 5.09. The fourth-order valence-corrected chi connectivity index (χ4v) is 2.45. The molecule has 1 fully saturated rings. The first-order valence-corrected chi connectivity index (χ1v) is 6.79. The van der Waals surface area contributed by atoms with E-state index in [0.29, 0.717) is 5.69 Å². The van der Waals surface area contributed by atoms with Crippen LogP contribution < -0.4 is 4.90 Å². The summed E-state index contributed by atoms with van der Waals surface area (Å²) in [7, 11) is 1.73. The van der Waals surface area contributed by atoms with E-state index in [1.54, 1.807) is 18.0 Å². The second kappa shape index (κ2) is 6.27. The van der Waals surface area contributed by atoms with E-state index in [4.69, 9.17) is 10.4 Å². The molecule has 1 aliphatic rings. The molecular weight excluding hydrogens is 270 g/mol. The number of likely N-dealkylation sites (tertiary alicyclic amines) is 1. The van der Waals surface area contributed by atoms with Crippen LogP contribution in [-0.4, -0.2) is 48.6 Å². The Bertz CT molecular complexity index is 601. The van der Waals surface area contributed by atoms with Crippen LogP contribution in [0.3, 0.4) is 0 Å². The van der Waals surface area contributed by atoms with Gasteiger partial charge in [0.05, 0.1) is 23.4 Å². The smallest absolute Gasteiger partial charge is 0.335 e. The molecule has 0 spiro atoms. The molecule has 0 unspecified atom stereocenters. The van der Waals surface area contributed by atoms with Crippen molar-refractivity contribution in [3.63, 3.8) is 0 Å². The zero-order valence-electron chi connectivity index (χ0n) is 11.9. The summed E-state index contributed by atoms with van der Waals surface area (Å²) >= 11 is 0. The van der Waals surface area contributed by atoms with Crippen LogP contribution >= 0.6 is 0 Å². The monoisotopic (exact) mass is 287 g/mol. The Balaban J connectivity index is 2.15. The maximum Gasteiger partial charge on any atom is 0.335 e. The molecule has 2 rings (SSSR count). The van der Waals surface area contributed by atoms with Gasteiger partial charge >= 0.3 is 5.97 Å². The Morgan fingerprint density at radius 1 is 1.38 bits per heavy atom. The molecule has 0 bridgehead atoms. The van der Waals surface area contributed by atoms with Gasteiger partial charge in [-0.15, -0.1) is 0 Å². The molecule has 0 radical (unpaired) electrons. The van der Waals surface area contributed by atoms with Gasteiger partial charge in [-0.2, -0.15) is 5.26 Å². The molecule has 0 saturated carbocycles. The molecule has 21 heavy (non-hydrogen) atoms. The van der Waals surface area contributed by atoms with Gasteiger partial charge in [-0.3, -0.25) is 4.79 Å². The summed E-state index contributed by atoms with van der Waals surface area (Å²) in [5.74, 6) is -1.05. The van der Waals surface area contributed by atoms with Crippen LogP contribution in [0.5, 0.6) is 0 Å². The summed E-state index contributed by atoms with van der Waals surface area (Å²) in [5, 5.41) is 18.1. The Morgan fingerprint density at radius 2 is 2.05 bits per heavy atom. The zero-order chi connectivity index (χ0) is 15.4. The quantitative estimate of drug-likeness (QED) is 0.902. The third-order valence-electron chi connectivity index (χ3n) is 3.61. The molecular formula is C15H17N3O3. The summed E-state index contributed by atoms with van der Waals surface area (Å²) in [6.45, 7) is 1.76. The minimum absolute atomic E-state index is 0.0289. The maximum absolute atomic E-state index is 12.1. The highest BCUT2D eigenvalue weighted by molar-refractivity contribution is 5.89. The van der Waals surface area contributed by atoms with Crippen molar-refractivity contribution >= 4 is 17.6 Å². The molecule has 6 nitrogen and oxygen atoms in total. The molecule has 1 aliphatic heterocycles. The number of anilines is 1. The van der Waals surface area contributed by atoms with Gasteiger partial charge in [0.25, 0.3) is 0 Å². The molecule has 1 aromatic rings. The Hall–Kier alpha value is -2.55. The topological polar surface area (TPSA) is 84.6 Å². The molecule has 110 valence electrons. The van der Waals surface area contributed by atoms with Gasteiger partial charge in [0.15, 0.2) is 0 Å². The fraction of sp³-hybridized carbons (Fsp3) is 0.400. The first-order valence-electron chi connectivity index (χ1n) is 6.79. The van der Waals surface area contributed by atoms with Crippen molar-refractivity contribution in [3.8, 4) is 6.07 Å². The van der Waals surface area contributed by atoms with Gasteiger partial charge in [-0.1, -0.05) is 0 Å². The molecule has 1 N–H and O–H groups in total. The van der Waals surface area contributed by atoms with Gasteiger partial charge in [-0.05, 0) is 31.0 Å². The molecule has 1 saturated heterocycles. The first kappa shape index (κ1) is 14.9. The van der Waals surface area contributed by atoms with Crippen molar-refractivity contribution in [1.82, 2.24) is 4.90 Å². The zero-order valence-corrected chi connectivity index (χ0v) is 11.9. The largest absolute Gasteiger partial charge is 0.478 e. The van der Waals surface area contributed by atoms with Crippen LogP contribution in [0.4, 0.5) is 5.69 Å². The summed E-state index contributed by atoms with van der Waals surface area (Å²) in [6, 6.07) is 6.32. The number of hydrogen-bond acceptors (Lipinski definition) is 4. The van der Waals surface area contributed by atoms with E-state index < -0.39 is 5.97 Å². The lowest BCUT2D eigenvalue weighted by Gasteiger charge is -2.23. The predicted octanol–water partition coefficient (Wildman–Crippen LogP) is 1.32. The molecule has 6 heteroatoms. The summed E-state index contributed by atoms with van der Waals surface area (Å²) in [6.07, 6.45) is 2.07. The van der Waals surface area contributed by atoms with Crippen LogP contribution in [0.1, 0.15) is 28.8 Å². The molecule has 1 heterocycles. The molecule has 0 aromatic heterocycles. The normalized spacial score (nSPS) is 13.8. The minimum atomic E-state index is -1.08. The van der Waals surface area contributed by atoms with Crippen LogP contribution in [0.2, 0.25) is 0 Å². The number of aromatic carboxylic acids is 1. The van der Waals surface area contributed by atoms with Crippen LogP contribution in [-0.2, 0) is 4.79 Å². The number of amides is 1. The van der Waals surface area contributed by atoms with E-state index >= 15 is 0 Å². The Labute approximate surface area is 123 Å². The third kappa shape index (κ3) is 3.31.